The molecule has 0 aromatic heterocycles. The van der Waals surface area contributed by atoms with Crippen LogP contribution in [0.4, 0.5) is 4.39 Å². The van der Waals surface area contributed by atoms with Gasteiger partial charge in [-0.1, -0.05) is 12.1 Å². The first-order chi connectivity index (χ1) is 14.5. The minimum absolute atomic E-state index is 0.101. The fraction of sp³-hybridized carbons (Fsp3) is 0.435. The van der Waals surface area contributed by atoms with E-state index < -0.39 is 0 Å². The molecule has 6 nitrogen and oxygen atoms in total. The van der Waals surface area contributed by atoms with Crippen LogP contribution in [0, 0.1) is 5.82 Å². The number of ether oxygens (including phenoxy) is 2. The molecular weight excluding hydrogens is 385 g/mol. The summed E-state index contributed by atoms with van der Waals surface area (Å²) in [6.07, 6.45) is 0. The van der Waals surface area contributed by atoms with Crippen molar-refractivity contribution in [1.29, 1.82) is 0 Å². The zero-order valence-corrected chi connectivity index (χ0v) is 17.6. The molecule has 0 aliphatic carbocycles. The Kier molecular flexibility index (Phi) is 6.20. The Bertz CT molecular complexity index is 899. The number of nitrogens with zero attached hydrogens (tertiary/aromatic N) is 1. The molecule has 1 fully saturated rings. The summed E-state index contributed by atoms with van der Waals surface area (Å²) in [5, 5.41) is 0. The van der Waals surface area contributed by atoms with Crippen LogP contribution >= 0.6 is 0 Å². The maximum atomic E-state index is 13.4. The molecule has 160 valence electrons. The lowest BCUT2D eigenvalue weighted by molar-refractivity contribution is -1.02. The lowest BCUT2D eigenvalue weighted by atomic mass is 10.1. The summed E-state index contributed by atoms with van der Waals surface area (Å²) in [5.74, 6) is 1.48. The molecule has 2 heterocycles. The van der Waals surface area contributed by atoms with Crippen molar-refractivity contribution in [2.75, 3.05) is 40.0 Å². The van der Waals surface area contributed by atoms with E-state index >= 15 is 0 Å². The van der Waals surface area contributed by atoms with Crippen LogP contribution in [0.3, 0.4) is 0 Å². The van der Waals surface area contributed by atoms with E-state index in [1.54, 1.807) is 18.0 Å². The fourth-order valence-corrected chi connectivity index (χ4v) is 4.37. The van der Waals surface area contributed by atoms with Gasteiger partial charge in [0.25, 0.3) is 5.91 Å². The van der Waals surface area contributed by atoms with E-state index in [0.29, 0.717) is 13.3 Å². The van der Waals surface area contributed by atoms with Crippen LogP contribution in [0.15, 0.2) is 42.5 Å². The Balaban J connectivity index is 1.27. The lowest BCUT2D eigenvalue weighted by Gasteiger charge is -2.34. The molecule has 1 saturated heterocycles. The highest BCUT2D eigenvalue weighted by Gasteiger charge is 2.32. The predicted octanol–water partition coefficient (Wildman–Crippen LogP) is -0.115. The first-order valence-electron chi connectivity index (χ1n) is 10.6. The Morgan fingerprint density at radius 2 is 1.83 bits per heavy atom. The number of benzene rings is 2. The summed E-state index contributed by atoms with van der Waals surface area (Å²) < 4.78 is 24.3. The maximum Gasteiger partial charge on any atom is 0.280 e. The number of amides is 1. The smallest absolute Gasteiger partial charge is 0.280 e. The van der Waals surface area contributed by atoms with Crippen LogP contribution in [0.2, 0.25) is 0 Å². The Morgan fingerprint density at radius 3 is 2.60 bits per heavy atom. The molecule has 2 aliphatic heterocycles. The Labute approximate surface area is 176 Å². The SMILES string of the molecule is C[C@@H](C(=O)N(C)Cc1cccc(F)c1)[NH+]1CC[NH+](Cc2ccc3c(c2)OCO3)CC1. The summed E-state index contributed by atoms with van der Waals surface area (Å²) in [7, 11) is 1.80. The van der Waals surface area contributed by atoms with Gasteiger partial charge in [-0.2, -0.15) is 0 Å². The van der Waals surface area contributed by atoms with Gasteiger partial charge < -0.3 is 24.2 Å². The molecule has 0 bridgehead atoms. The molecule has 0 spiro atoms. The molecule has 2 aliphatic rings. The summed E-state index contributed by atoms with van der Waals surface area (Å²) in [5.41, 5.74) is 2.06. The summed E-state index contributed by atoms with van der Waals surface area (Å²) in [6, 6.07) is 12.5. The molecule has 0 saturated carbocycles. The molecular formula is C23H30FN3O3+2. The highest BCUT2D eigenvalue weighted by molar-refractivity contribution is 5.79. The van der Waals surface area contributed by atoms with E-state index in [1.807, 2.05) is 19.1 Å². The second kappa shape index (κ2) is 9.02. The number of fused-ring (bicyclic) bond motifs is 1. The Morgan fingerprint density at radius 1 is 1.07 bits per heavy atom. The summed E-state index contributed by atoms with van der Waals surface area (Å²) >= 11 is 0. The average Bonchev–Trinajstić information content (AvgIpc) is 3.21. The number of carbonyl (C=O) groups is 1. The minimum atomic E-state index is -0.270. The highest BCUT2D eigenvalue weighted by atomic mass is 19.1. The zero-order chi connectivity index (χ0) is 21.1. The molecule has 2 aromatic rings. The molecule has 2 aromatic carbocycles. The van der Waals surface area contributed by atoms with Crippen molar-refractivity contribution in [2.24, 2.45) is 0 Å². The van der Waals surface area contributed by atoms with Crippen molar-refractivity contribution in [2.45, 2.75) is 26.1 Å². The van der Waals surface area contributed by atoms with Crippen molar-refractivity contribution < 1.29 is 28.5 Å². The number of nitrogens with one attached hydrogen (secondary N) is 2. The molecule has 30 heavy (non-hydrogen) atoms. The molecule has 1 atom stereocenters. The number of hydrogen-bond acceptors (Lipinski definition) is 3. The van der Waals surface area contributed by atoms with Gasteiger partial charge in [0.15, 0.2) is 17.5 Å². The second-order valence-electron chi connectivity index (χ2n) is 8.32. The van der Waals surface area contributed by atoms with E-state index in [9.17, 15) is 9.18 Å². The van der Waals surface area contributed by atoms with Crippen LogP contribution in [-0.4, -0.2) is 56.9 Å². The van der Waals surface area contributed by atoms with E-state index in [0.717, 1.165) is 49.8 Å². The fourth-order valence-electron chi connectivity index (χ4n) is 4.37. The predicted molar refractivity (Wildman–Crippen MR) is 110 cm³/mol. The van der Waals surface area contributed by atoms with Crippen molar-refractivity contribution in [3.05, 3.63) is 59.4 Å². The van der Waals surface area contributed by atoms with Gasteiger partial charge in [-0.05, 0) is 42.8 Å². The topological polar surface area (TPSA) is 47.7 Å². The number of quaternary nitrogens is 2. The third-order valence-corrected chi connectivity index (χ3v) is 6.16. The number of likely N-dealkylation sites (N-methyl/N-ethyl adjacent to an activating group) is 1. The average molecular weight is 416 g/mol. The van der Waals surface area contributed by atoms with Gasteiger partial charge in [0.1, 0.15) is 38.5 Å². The molecule has 1 amide bonds. The lowest BCUT2D eigenvalue weighted by Crippen LogP contribution is -3.29. The molecule has 0 unspecified atom stereocenters. The van der Waals surface area contributed by atoms with Gasteiger partial charge >= 0.3 is 0 Å². The quantitative estimate of drug-likeness (QED) is 0.692. The van der Waals surface area contributed by atoms with Crippen LogP contribution < -0.4 is 19.3 Å². The van der Waals surface area contributed by atoms with Gasteiger partial charge in [-0.15, -0.1) is 0 Å². The number of rotatable bonds is 6. The number of piperazine rings is 1. The standard InChI is InChI=1S/C23H28FN3O3/c1-17(23(28)25(2)14-18-4-3-5-20(24)12-18)27-10-8-26(9-11-27)15-19-6-7-21-22(13-19)30-16-29-21/h3-7,12-13,17H,8-11,14-16H2,1-2H3/p+2/t17-/m0/s1. The van der Waals surface area contributed by atoms with Crippen molar-refractivity contribution in [3.63, 3.8) is 0 Å². The molecule has 2 N–H and O–H groups in total. The van der Waals surface area contributed by atoms with Crippen molar-refractivity contribution in [1.82, 2.24) is 4.90 Å². The summed E-state index contributed by atoms with van der Waals surface area (Å²) in [4.78, 5) is 17.4. The number of carbonyl (C=O) groups excluding carboxylic acids is 1. The zero-order valence-electron chi connectivity index (χ0n) is 17.6. The van der Waals surface area contributed by atoms with Gasteiger partial charge in [0, 0.05) is 19.2 Å². The van der Waals surface area contributed by atoms with Crippen molar-refractivity contribution >= 4 is 5.91 Å². The minimum Gasteiger partial charge on any atom is -0.454 e. The van der Waals surface area contributed by atoms with Gasteiger partial charge in [-0.3, -0.25) is 4.79 Å². The van der Waals surface area contributed by atoms with Crippen LogP contribution in [0.1, 0.15) is 18.1 Å². The number of hydrogen-bond donors (Lipinski definition) is 2. The van der Waals surface area contributed by atoms with Gasteiger partial charge in [0.05, 0.1) is 0 Å². The molecule has 7 heteroatoms. The Hall–Kier alpha value is -2.64. The van der Waals surface area contributed by atoms with E-state index in [1.165, 1.54) is 27.5 Å². The largest absolute Gasteiger partial charge is 0.454 e. The highest BCUT2D eigenvalue weighted by Crippen LogP contribution is 2.32. The monoisotopic (exact) mass is 415 g/mol. The normalized spacial score (nSPS) is 21.3. The van der Waals surface area contributed by atoms with Crippen molar-refractivity contribution in [3.8, 4) is 11.5 Å². The third-order valence-electron chi connectivity index (χ3n) is 6.16. The van der Waals surface area contributed by atoms with Gasteiger partial charge in [0.2, 0.25) is 6.79 Å². The van der Waals surface area contributed by atoms with E-state index in [-0.39, 0.29) is 17.8 Å². The first-order valence-corrected chi connectivity index (χ1v) is 10.6. The van der Waals surface area contributed by atoms with Gasteiger partial charge in [-0.25, -0.2) is 4.39 Å². The first kappa shape index (κ1) is 20.6. The second-order valence-corrected chi connectivity index (χ2v) is 8.32. The number of halogens is 1. The maximum absolute atomic E-state index is 13.4. The van der Waals surface area contributed by atoms with Crippen LogP contribution in [0.5, 0.6) is 11.5 Å². The summed E-state index contributed by atoms with van der Waals surface area (Å²) in [6.45, 7) is 7.64. The van der Waals surface area contributed by atoms with E-state index in [4.69, 9.17) is 9.47 Å². The third kappa shape index (κ3) is 4.74. The molecule has 4 rings (SSSR count). The van der Waals surface area contributed by atoms with E-state index in [2.05, 4.69) is 12.1 Å². The molecule has 0 radical (unpaired) electrons. The van der Waals surface area contributed by atoms with Crippen LogP contribution in [0.25, 0.3) is 0 Å². The van der Waals surface area contributed by atoms with Crippen LogP contribution in [-0.2, 0) is 17.9 Å².